The number of Topliss-reactive ketones (excluding diaryl/α,β-unsaturated/α-hetero) is 1. The number of nitrogens with one attached hydrogen (secondary N) is 1. The number of methoxy groups -OCH3 is 1. The van der Waals surface area contributed by atoms with Gasteiger partial charge in [0.15, 0.2) is 5.82 Å². The molecule has 1 aliphatic rings. The molecule has 1 fully saturated rings. The minimum atomic E-state index is -0.672. The van der Waals surface area contributed by atoms with Gasteiger partial charge in [-0.25, -0.2) is 4.98 Å². The third-order valence-corrected chi connectivity index (χ3v) is 5.78. The van der Waals surface area contributed by atoms with Gasteiger partial charge in [-0.1, -0.05) is 45.9 Å². The first-order chi connectivity index (χ1) is 18.6. The molecule has 1 radical (unpaired) electrons. The topological polar surface area (TPSA) is 126 Å². The van der Waals surface area contributed by atoms with Gasteiger partial charge in [0.05, 0.1) is 29.8 Å². The first-order valence-electron chi connectivity index (χ1n) is 12.6. The predicted octanol–water partition coefficient (Wildman–Crippen LogP) is 3.87. The first kappa shape index (κ1) is 34.6. The van der Waals surface area contributed by atoms with Gasteiger partial charge in [0, 0.05) is 72.1 Å². The average molecular weight is 625 g/mol. The van der Waals surface area contributed by atoms with Crippen LogP contribution in [0.5, 0.6) is 5.75 Å². The molecule has 3 aromatic heterocycles. The Bertz CT molecular complexity index is 1370. The van der Waals surface area contributed by atoms with Gasteiger partial charge < -0.3 is 36.6 Å². The van der Waals surface area contributed by atoms with Crippen molar-refractivity contribution in [2.45, 2.75) is 27.7 Å². The summed E-state index contributed by atoms with van der Waals surface area (Å²) >= 11 is 0. The van der Waals surface area contributed by atoms with E-state index in [1.165, 1.54) is 35.4 Å². The largest absolute Gasteiger partial charge is 0.494 e. The molecule has 4 aromatic rings. The molecule has 2 amide bonds. The van der Waals surface area contributed by atoms with E-state index in [-0.39, 0.29) is 66.1 Å². The number of pyridine rings is 1. The molecule has 0 bridgehead atoms. The predicted molar refractivity (Wildman–Crippen MR) is 151 cm³/mol. The number of aromatic nitrogens is 5. The van der Waals surface area contributed by atoms with Crippen molar-refractivity contribution in [3.8, 4) is 11.6 Å². The summed E-state index contributed by atoms with van der Waals surface area (Å²) in [5.74, 6) is -0.662. The van der Waals surface area contributed by atoms with E-state index in [0.717, 1.165) is 0 Å². The van der Waals surface area contributed by atoms with Gasteiger partial charge in [0.25, 0.3) is 17.6 Å². The Balaban J connectivity index is 0.00000219. The van der Waals surface area contributed by atoms with Crippen molar-refractivity contribution < 1.29 is 53.3 Å². The van der Waals surface area contributed by atoms with Crippen molar-refractivity contribution in [3.05, 3.63) is 73.9 Å². The van der Waals surface area contributed by atoms with E-state index in [1.807, 2.05) is 45.9 Å². The monoisotopic (exact) mass is 624 g/mol. The fourth-order valence-electron chi connectivity index (χ4n) is 4.03. The normalized spacial score (nSPS) is 12.0. The number of hydrogen-bond donors (Lipinski definition) is 1. The molecule has 0 aliphatic carbocycles. The second-order valence-corrected chi connectivity index (χ2v) is 7.67. The van der Waals surface area contributed by atoms with Crippen LogP contribution in [0.2, 0.25) is 0 Å². The van der Waals surface area contributed by atoms with Crippen LogP contribution in [0, 0.1) is 13.8 Å². The molecule has 1 aromatic carbocycles. The van der Waals surface area contributed by atoms with Gasteiger partial charge in [-0.05, 0) is 24.8 Å². The number of hydrogen-bond acceptors (Lipinski definition) is 7. The number of carbonyl (C=O) groups excluding carboxylic acids is 3. The molecule has 40 heavy (non-hydrogen) atoms. The molecular formula is C28H37N7O4Y-2. The van der Waals surface area contributed by atoms with Crippen molar-refractivity contribution in [2.24, 2.45) is 0 Å². The van der Waals surface area contributed by atoms with Crippen LogP contribution in [0.25, 0.3) is 16.7 Å². The average Bonchev–Trinajstić information content (AvgIpc) is 3.69. The molecule has 1 saturated heterocycles. The number of H-pyrrole nitrogens is 1. The molecule has 12 heteroatoms. The van der Waals surface area contributed by atoms with Crippen molar-refractivity contribution in [1.82, 2.24) is 34.5 Å². The van der Waals surface area contributed by atoms with Crippen LogP contribution in [0.3, 0.4) is 0 Å². The van der Waals surface area contributed by atoms with Gasteiger partial charge in [-0.15, -0.1) is 0 Å². The summed E-state index contributed by atoms with van der Waals surface area (Å²) in [6.45, 7) is 9.23. The number of ether oxygens (including phenoxy) is 1. The maximum Gasteiger partial charge on any atom is 0.295 e. The van der Waals surface area contributed by atoms with E-state index in [2.05, 4.69) is 26.4 Å². The minimum absolute atomic E-state index is 0. The smallest absolute Gasteiger partial charge is 0.295 e. The van der Waals surface area contributed by atoms with E-state index in [9.17, 15) is 14.4 Å². The molecule has 0 atom stereocenters. The maximum atomic E-state index is 13.2. The van der Waals surface area contributed by atoms with Crippen LogP contribution in [0.4, 0.5) is 0 Å². The number of piperazine rings is 1. The number of benzene rings is 1. The summed E-state index contributed by atoms with van der Waals surface area (Å²) in [5.41, 5.74) is 1.25. The van der Waals surface area contributed by atoms with Gasteiger partial charge in [-0.3, -0.25) is 19.5 Å². The summed E-state index contributed by atoms with van der Waals surface area (Å²) < 4.78 is 6.80. The van der Waals surface area contributed by atoms with Crippen molar-refractivity contribution in [3.63, 3.8) is 0 Å². The van der Waals surface area contributed by atoms with E-state index in [4.69, 9.17) is 4.74 Å². The minimum Gasteiger partial charge on any atom is -0.494 e. The molecule has 0 unspecified atom stereocenters. The van der Waals surface area contributed by atoms with E-state index < -0.39 is 11.7 Å². The van der Waals surface area contributed by atoms with Crippen LogP contribution in [-0.2, 0) is 37.5 Å². The number of nitrogens with zero attached hydrogens (tertiary/aromatic N) is 6. The number of ketones is 1. The standard InChI is InChI=1S/C23H20N7O4.2C2H6.CH3.Y.H2/c1-34-17-12-26-21(30-14-24-13-27-30)19-18(17)16(11-25-19)20(31)23(33)29-9-7-28(8-10-29)22(32)15-5-3-2-4-6-15;2*1-2;;;/h2-6,11-12,14,25H,7-10H2,1H3;2*1-2H3;1H3;;1H/q-1;;;-1;;. The summed E-state index contributed by atoms with van der Waals surface area (Å²) in [6, 6.07) is 8.98. The van der Waals surface area contributed by atoms with Crippen LogP contribution in [-0.4, -0.2) is 85.4 Å². The second kappa shape index (κ2) is 16.6. The summed E-state index contributed by atoms with van der Waals surface area (Å²) in [7, 11) is 1.46. The maximum absolute atomic E-state index is 13.2. The Morgan fingerprint density at radius 2 is 1.62 bits per heavy atom. The Morgan fingerprint density at radius 1 is 1.00 bits per heavy atom. The zero-order valence-corrected chi connectivity index (χ0v) is 26.7. The van der Waals surface area contributed by atoms with Gasteiger partial charge >= 0.3 is 0 Å². The Labute approximate surface area is 261 Å². The Kier molecular flexibility index (Phi) is 14.4. The number of amides is 2. The molecule has 0 saturated carbocycles. The third-order valence-electron chi connectivity index (χ3n) is 5.78. The summed E-state index contributed by atoms with van der Waals surface area (Å²) in [5, 5.41) is 4.39. The van der Waals surface area contributed by atoms with Crippen LogP contribution in [0.1, 0.15) is 49.8 Å². The molecule has 5 rings (SSSR count). The second-order valence-electron chi connectivity index (χ2n) is 7.67. The number of aromatic amines is 1. The molecular weight excluding hydrogens is 587 g/mol. The molecule has 1 N–H and O–H groups in total. The molecule has 11 nitrogen and oxygen atoms in total. The molecule has 213 valence electrons. The number of fused-ring (bicyclic) bond motifs is 1. The summed E-state index contributed by atoms with van der Waals surface area (Å²) in [4.78, 5) is 53.2. The zero-order valence-electron chi connectivity index (χ0n) is 23.8. The summed E-state index contributed by atoms with van der Waals surface area (Å²) in [6.07, 6.45) is 6.81. The van der Waals surface area contributed by atoms with Crippen LogP contribution >= 0.6 is 0 Å². The molecule has 1 aliphatic heterocycles. The third kappa shape index (κ3) is 7.20. The van der Waals surface area contributed by atoms with Crippen LogP contribution < -0.4 is 4.74 Å². The van der Waals surface area contributed by atoms with E-state index >= 15 is 0 Å². The molecule has 0 spiro atoms. The van der Waals surface area contributed by atoms with E-state index in [0.29, 0.717) is 41.1 Å². The quantitative estimate of drug-likeness (QED) is 0.203. The van der Waals surface area contributed by atoms with Gasteiger partial charge in [-0.2, -0.15) is 0 Å². The Morgan fingerprint density at radius 3 is 2.20 bits per heavy atom. The molecule has 4 heterocycles. The zero-order chi connectivity index (χ0) is 27.7. The number of carbonyl (C=O) groups is 3. The van der Waals surface area contributed by atoms with Gasteiger partial charge in [0.1, 0.15) is 5.75 Å². The first-order valence-corrected chi connectivity index (χ1v) is 12.6. The van der Waals surface area contributed by atoms with E-state index in [1.54, 1.807) is 17.0 Å². The fourth-order valence-corrected chi connectivity index (χ4v) is 4.03. The Hall–Kier alpha value is -3.44. The van der Waals surface area contributed by atoms with Crippen molar-refractivity contribution in [2.75, 3.05) is 33.3 Å². The number of rotatable bonds is 5. The SMILES string of the molecule is CC.CC.COc1cnc(-n2cn[c-]n2)c2[nH]cc(C(=O)C(=O)N3CCN(C(=O)c4ccccc4)CC3)c12.[CH3-].[HH].[Y]. The van der Waals surface area contributed by atoms with Crippen molar-refractivity contribution in [1.29, 1.82) is 0 Å². The fraction of sp³-hybridized carbons (Fsp3) is 0.321. The van der Waals surface area contributed by atoms with Gasteiger partial charge in [0.2, 0.25) is 0 Å². The van der Waals surface area contributed by atoms with Crippen molar-refractivity contribution >= 4 is 28.5 Å². The van der Waals surface area contributed by atoms with Crippen LogP contribution in [0.15, 0.2) is 49.1 Å².